The molecule has 0 saturated carbocycles. The smallest absolute Gasteiger partial charge is 0.189 e. The molecule has 0 unspecified atom stereocenters. The van der Waals surface area contributed by atoms with E-state index in [1.807, 2.05) is 54.9 Å². The number of nitrogens with one attached hydrogen (secondary N) is 1. The number of rotatable bonds is 8. The molecule has 2 heterocycles. The molecule has 6 heteroatoms. The van der Waals surface area contributed by atoms with Gasteiger partial charge in [0.05, 0.1) is 5.69 Å². The highest BCUT2D eigenvalue weighted by Gasteiger charge is 2.13. The van der Waals surface area contributed by atoms with Crippen molar-refractivity contribution in [2.45, 2.75) is 25.0 Å². The minimum atomic E-state index is 0.163. The van der Waals surface area contributed by atoms with Crippen LogP contribution in [0.1, 0.15) is 18.1 Å². The fourth-order valence-electron chi connectivity index (χ4n) is 4.17. The van der Waals surface area contributed by atoms with Gasteiger partial charge in [0.15, 0.2) is 10.8 Å². The van der Waals surface area contributed by atoms with Crippen LogP contribution in [0.15, 0.2) is 96.3 Å². The summed E-state index contributed by atoms with van der Waals surface area (Å²) in [5.74, 6) is 0.163. The molecule has 0 saturated heterocycles. The first-order valence-corrected chi connectivity index (χ1v) is 13.0. The number of carbonyl (C=O) groups excluding carboxylic acids is 1. The van der Waals surface area contributed by atoms with Crippen molar-refractivity contribution >= 4 is 34.3 Å². The molecule has 0 bridgehead atoms. The highest BCUT2D eigenvalue weighted by molar-refractivity contribution is 7.98. The lowest BCUT2D eigenvalue weighted by atomic mass is 9.98. The SMILES string of the molecule is CSc1ncc2cc(-c3ccccc3)c(-c3ccc(CNc4cccc(CC(C)=O)c4)cc3)nc2n1. The average molecular weight is 491 g/mol. The Labute approximate surface area is 215 Å². The summed E-state index contributed by atoms with van der Waals surface area (Å²) in [6.45, 7) is 2.30. The second-order valence-electron chi connectivity index (χ2n) is 8.65. The standard InChI is InChI=1S/C30H26N4OS/c1-20(35)15-22-7-6-10-26(16-22)31-18-21-11-13-24(14-12-21)28-27(23-8-4-3-5-9-23)17-25-19-32-30(36-2)34-29(25)33-28/h3-14,16-17,19,31H,15,18H2,1-2H3. The number of pyridine rings is 1. The minimum Gasteiger partial charge on any atom is -0.381 e. The van der Waals surface area contributed by atoms with Crippen LogP contribution < -0.4 is 5.32 Å². The lowest BCUT2D eigenvalue weighted by Crippen LogP contribution is -2.01. The number of thioether (sulfide) groups is 1. The van der Waals surface area contributed by atoms with Crippen LogP contribution in [0.5, 0.6) is 0 Å². The molecule has 0 atom stereocenters. The van der Waals surface area contributed by atoms with Gasteiger partial charge in [-0.05, 0) is 48.1 Å². The Morgan fingerprint density at radius 3 is 2.42 bits per heavy atom. The Bertz CT molecular complexity index is 1520. The summed E-state index contributed by atoms with van der Waals surface area (Å²) in [6, 6.07) is 28.9. The number of ketones is 1. The second kappa shape index (κ2) is 10.7. The monoisotopic (exact) mass is 490 g/mol. The van der Waals surface area contributed by atoms with E-state index in [1.165, 1.54) is 11.8 Å². The molecule has 5 nitrogen and oxygen atoms in total. The molecule has 0 aliphatic rings. The summed E-state index contributed by atoms with van der Waals surface area (Å²) in [6.07, 6.45) is 4.26. The van der Waals surface area contributed by atoms with E-state index < -0.39 is 0 Å². The van der Waals surface area contributed by atoms with Crippen LogP contribution in [0.4, 0.5) is 5.69 Å². The zero-order chi connectivity index (χ0) is 24.9. The van der Waals surface area contributed by atoms with Gasteiger partial charge in [0, 0.05) is 41.4 Å². The third-order valence-corrected chi connectivity index (χ3v) is 6.48. The lowest BCUT2D eigenvalue weighted by Gasteiger charge is -2.13. The van der Waals surface area contributed by atoms with Crippen molar-refractivity contribution in [3.8, 4) is 22.4 Å². The van der Waals surface area contributed by atoms with E-state index in [2.05, 4.69) is 57.7 Å². The van der Waals surface area contributed by atoms with Gasteiger partial charge >= 0.3 is 0 Å². The van der Waals surface area contributed by atoms with Gasteiger partial charge in [0.25, 0.3) is 0 Å². The van der Waals surface area contributed by atoms with E-state index in [-0.39, 0.29) is 5.78 Å². The van der Waals surface area contributed by atoms with Crippen LogP contribution in [0.2, 0.25) is 0 Å². The molecular formula is C30H26N4OS. The first kappa shape index (κ1) is 23.7. The first-order chi connectivity index (χ1) is 17.6. The summed E-state index contributed by atoms with van der Waals surface area (Å²) in [7, 11) is 0. The van der Waals surface area contributed by atoms with Crippen molar-refractivity contribution < 1.29 is 4.79 Å². The predicted octanol–water partition coefficient (Wildman–Crippen LogP) is 6.82. The Morgan fingerprint density at radius 1 is 0.861 bits per heavy atom. The van der Waals surface area contributed by atoms with Gasteiger partial charge in [-0.1, -0.05) is 78.5 Å². The molecular weight excluding hydrogens is 464 g/mol. The molecule has 2 aromatic heterocycles. The summed E-state index contributed by atoms with van der Waals surface area (Å²) >= 11 is 1.51. The minimum absolute atomic E-state index is 0.163. The van der Waals surface area contributed by atoms with Crippen molar-refractivity contribution in [3.63, 3.8) is 0 Å². The molecule has 0 aliphatic carbocycles. The number of hydrogen-bond donors (Lipinski definition) is 1. The Hall–Kier alpha value is -4.03. The van der Waals surface area contributed by atoms with E-state index in [0.717, 1.165) is 44.6 Å². The van der Waals surface area contributed by atoms with Gasteiger partial charge in [-0.15, -0.1) is 0 Å². The van der Waals surface area contributed by atoms with Gasteiger partial charge in [-0.3, -0.25) is 4.79 Å². The quantitative estimate of drug-likeness (QED) is 0.190. The van der Waals surface area contributed by atoms with E-state index in [1.54, 1.807) is 6.92 Å². The number of benzene rings is 3. The molecule has 0 radical (unpaired) electrons. The van der Waals surface area contributed by atoms with Gasteiger partial charge in [0.2, 0.25) is 0 Å². The van der Waals surface area contributed by atoms with Crippen LogP contribution in [0.3, 0.4) is 0 Å². The number of hydrogen-bond acceptors (Lipinski definition) is 6. The largest absolute Gasteiger partial charge is 0.381 e. The van der Waals surface area contributed by atoms with Crippen molar-refractivity contribution in [1.29, 1.82) is 0 Å². The number of nitrogens with zero attached hydrogens (tertiary/aromatic N) is 3. The number of carbonyl (C=O) groups is 1. The number of fused-ring (bicyclic) bond motifs is 1. The van der Waals surface area contributed by atoms with E-state index >= 15 is 0 Å². The normalized spacial score (nSPS) is 10.9. The molecule has 178 valence electrons. The zero-order valence-electron chi connectivity index (χ0n) is 20.2. The van der Waals surface area contributed by atoms with Crippen LogP contribution in [0, 0.1) is 0 Å². The van der Waals surface area contributed by atoms with Crippen molar-refractivity contribution in [1.82, 2.24) is 15.0 Å². The van der Waals surface area contributed by atoms with Crippen molar-refractivity contribution in [2.75, 3.05) is 11.6 Å². The van der Waals surface area contributed by atoms with Gasteiger partial charge in [-0.25, -0.2) is 15.0 Å². The fraction of sp³-hybridized carbons (Fsp3) is 0.133. The number of Topliss-reactive ketones (excluding diaryl/α,β-unsaturated/α-hetero) is 1. The van der Waals surface area contributed by atoms with Crippen molar-refractivity contribution in [2.24, 2.45) is 0 Å². The molecule has 5 rings (SSSR count). The highest BCUT2D eigenvalue weighted by atomic mass is 32.2. The maximum absolute atomic E-state index is 11.4. The summed E-state index contributed by atoms with van der Waals surface area (Å²) in [5, 5.41) is 5.09. The van der Waals surface area contributed by atoms with Crippen LogP contribution in [0.25, 0.3) is 33.4 Å². The van der Waals surface area contributed by atoms with E-state index in [0.29, 0.717) is 23.8 Å². The maximum Gasteiger partial charge on any atom is 0.189 e. The molecule has 1 N–H and O–H groups in total. The zero-order valence-corrected chi connectivity index (χ0v) is 21.0. The summed E-state index contributed by atoms with van der Waals surface area (Å²) < 4.78 is 0. The molecule has 36 heavy (non-hydrogen) atoms. The summed E-state index contributed by atoms with van der Waals surface area (Å²) in [5.41, 5.74) is 7.97. The molecule has 0 aliphatic heterocycles. The topological polar surface area (TPSA) is 67.8 Å². The third kappa shape index (κ3) is 5.44. The summed E-state index contributed by atoms with van der Waals surface area (Å²) in [4.78, 5) is 25.5. The Kier molecular flexibility index (Phi) is 7.05. The molecule has 3 aromatic carbocycles. The molecule has 0 amide bonds. The van der Waals surface area contributed by atoms with Crippen LogP contribution in [-0.4, -0.2) is 27.0 Å². The molecule has 5 aromatic rings. The fourth-order valence-corrected chi connectivity index (χ4v) is 4.50. The highest BCUT2D eigenvalue weighted by Crippen LogP contribution is 2.33. The van der Waals surface area contributed by atoms with Gasteiger partial charge in [-0.2, -0.15) is 0 Å². The number of aromatic nitrogens is 3. The average Bonchev–Trinajstić information content (AvgIpc) is 2.91. The van der Waals surface area contributed by atoms with E-state index in [4.69, 9.17) is 4.98 Å². The van der Waals surface area contributed by atoms with E-state index in [9.17, 15) is 4.79 Å². The molecule has 0 spiro atoms. The maximum atomic E-state index is 11.4. The number of anilines is 1. The second-order valence-corrected chi connectivity index (χ2v) is 9.42. The lowest BCUT2D eigenvalue weighted by molar-refractivity contribution is -0.116. The van der Waals surface area contributed by atoms with Crippen molar-refractivity contribution in [3.05, 3.63) is 102 Å². The first-order valence-electron chi connectivity index (χ1n) is 11.8. The third-order valence-electron chi connectivity index (χ3n) is 5.92. The Balaban J connectivity index is 1.44. The van der Waals surface area contributed by atoms with Gasteiger partial charge < -0.3 is 5.32 Å². The Morgan fingerprint density at radius 2 is 1.67 bits per heavy atom. The van der Waals surface area contributed by atoms with Gasteiger partial charge in [0.1, 0.15) is 5.78 Å². The van der Waals surface area contributed by atoms with Crippen LogP contribution in [-0.2, 0) is 17.8 Å². The predicted molar refractivity (Wildman–Crippen MR) is 148 cm³/mol. The van der Waals surface area contributed by atoms with Crippen LogP contribution >= 0.6 is 11.8 Å². The molecule has 0 fully saturated rings.